The first-order chi connectivity index (χ1) is 20.7. The van der Waals surface area contributed by atoms with E-state index in [4.69, 9.17) is 15.7 Å². The topological polar surface area (TPSA) is 171 Å². The summed E-state index contributed by atoms with van der Waals surface area (Å²) in [6.07, 6.45) is -0.0507. The van der Waals surface area contributed by atoms with Crippen molar-refractivity contribution in [3.8, 4) is 5.75 Å². The van der Waals surface area contributed by atoms with E-state index in [0.29, 0.717) is 22.7 Å². The highest BCUT2D eigenvalue weighted by atomic mass is 32.2. The number of hydrogen-bond acceptors (Lipinski definition) is 7. The molecule has 10 nitrogen and oxygen atoms in total. The molecule has 0 aromatic heterocycles. The SMILES string of the molecule is CC(C)c1cc(C(C)C)c(CC(=O)NS(=O)(=O)Oc2c(C(C)C)cc(NC(=O)[C@@H](N)CCC(N)=O)cc2C(C)C)c(C(C)C)c1. The lowest BCUT2D eigenvalue weighted by molar-refractivity contribution is -0.120. The molecular weight excluding hydrogens is 592 g/mol. The molecule has 0 bridgehead atoms. The van der Waals surface area contributed by atoms with E-state index >= 15 is 0 Å². The van der Waals surface area contributed by atoms with Gasteiger partial charge in [-0.3, -0.25) is 14.4 Å². The number of carbonyl (C=O) groups excluding carboxylic acids is 3. The van der Waals surface area contributed by atoms with Gasteiger partial charge in [-0.1, -0.05) is 81.4 Å². The predicted octanol–water partition coefficient (Wildman–Crippen LogP) is 5.82. The Morgan fingerprint density at radius 1 is 0.756 bits per heavy atom. The predicted molar refractivity (Wildman–Crippen MR) is 180 cm³/mol. The van der Waals surface area contributed by atoms with Gasteiger partial charge in [0.05, 0.1) is 12.5 Å². The average molecular weight is 645 g/mol. The molecule has 0 aliphatic rings. The number of primary amides is 1. The number of amides is 3. The van der Waals surface area contributed by atoms with Crippen LogP contribution in [0.2, 0.25) is 0 Å². The lowest BCUT2D eigenvalue weighted by atomic mass is 9.83. The van der Waals surface area contributed by atoms with Crippen LogP contribution in [0.15, 0.2) is 24.3 Å². The molecule has 2 aromatic rings. The Hall–Kier alpha value is -3.44. The summed E-state index contributed by atoms with van der Waals surface area (Å²) < 4.78 is 34.4. The Bertz CT molecular complexity index is 1440. The minimum atomic E-state index is -4.57. The van der Waals surface area contributed by atoms with Crippen molar-refractivity contribution in [1.82, 2.24) is 4.72 Å². The van der Waals surface area contributed by atoms with Crippen molar-refractivity contribution in [2.75, 3.05) is 5.32 Å². The van der Waals surface area contributed by atoms with Gasteiger partial charge in [-0.15, -0.1) is 0 Å². The lowest BCUT2D eigenvalue weighted by Gasteiger charge is -2.23. The van der Waals surface area contributed by atoms with Crippen molar-refractivity contribution in [3.05, 3.63) is 57.6 Å². The molecule has 0 unspecified atom stereocenters. The summed E-state index contributed by atoms with van der Waals surface area (Å²) in [5.74, 6) is -1.48. The summed E-state index contributed by atoms with van der Waals surface area (Å²) in [4.78, 5) is 37.1. The van der Waals surface area contributed by atoms with Crippen LogP contribution in [0.3, 0.4) is 0 Å². The maximum Gasteiger partial charge on any atom is 0.409 e. The van der Waals surface area contributed by atoms with E-state index in [1.807, 2.05) is 27.7 Å². The van der Waals surface area contributed by atoms with Crippen molar-refractivity contribution in [2.24, 2.45) is 11.5 Å². The van der Waals surface area contributed by atoms with Crippen molar-refractivity contribution < 1.29 is 27.0 Å². The van der Waals surface area contributed by atoms with Gasteiger partial charge in [0.25, 0.3) is 0 Å². The highest BCUT2D eigenvalue weighted by Gasteiger charge is 2.27. The molecule has 11 heteroatoms. The first kappa shape index (κ1) is 37.7. The molecule has 2 aromatic carbocycles. The smallest absolute Gasteiger partial charge is 0.370 e. The molecular formula is C34H52N4O6S. The van der Waals surface area contributed by atoms with E-state index in [-0.39, 0.29) is 48.7 Å². The molecule has 0 aliphatic carbocycles. The number of carbonyl (C=O) groups is 3. The Balaban J connectivity index is 2.42. The number of nitrogens with two attached hydrogens (primary N) is 2. The first-order valence-electron chi connectivity index (χ1n) is 15.7. The van der Waals surface area contributed by atoms with Gasteiger partial charge in [-0.2, -0.15) is 8.42 Å². The van der Waals surface area contributed by atoms with Crippen LogP contribution in [0.4, 0.5) is 5.69 Å². The van der Waals surface area contributed by atoms with E-state index in [2.05, 4.69) is 63.7 Å². The fourth-order valence-corrected chi connectivity index (χ4v) is 5.94. The number of anilines is 1. The molecule has 0 fully saturated rings. The minimum absolute atomic E-state index is 0.0275. The standard InChI is InChI=1S/C34H52N4O6S/c1-18(2)23-13-25(19(3)4)29(26(14-23)20(5)6)17-32(40)38-45(42,43)44-33-27(21(7)8)15-24(16-28(33)22(9)10)37-34(41)30(35)11-12-31(36)39/h13-16,18-22,30H,11-12,17,35H2,1-10H3,(H2,36,39)(H,37,41)(H,38,40)/t30-/m0/s1. The molecule has 45 heavy (non-hydrogen) atoms. The molecule has 0 aliphatic heterocycles. The second kappa shape index (κ2) is 15.7. The Kier molecular flexibility index (Phi) is 13.2. The third-order valence-corrected chi connectivity index (χ3v) is 8.58. The summed E-state index contributed by atoms with van der Waals surface area (Å²) >= 11 is 0. The van der Waals surface area contributed by atoms with Gasteiger partial charge >= 0.3 is 10.3 Å². The van der Waals surface area contributed by atoms with Crippen LogP contribution in [0, 0.1) is 0 Å². The average Bonchev–Trinajstić information content (AvgIpc) is 2.90. The fraction of sp³-hybridized carbons (Fsp3) is 0.559. The summed E-state index contributed by atoms with van der Waals surface area (Å²) in [6.45, 7) is 20.0. The highest BCUT2D eigenvalue weighted by molar-refractivity contribution is 7.85. The minimum Gasteiger partial charge on any atom is -0.370 e. The van der Waals surface area contributed by atoms with Crippen LogP contribution < -0.4 is 25.7 Å². The third kappa shape index (κ3) is 10.6. The molecule has 250 valence electrons. The van der Waals surface area contributed by atoms with Crippen LogP contribution in [-0.4, -0.2) is 32.2 Å². The van der Waals surface area contributed by atoms with E-state index in [1.54, 1.807) is 12.1 Å². The number of rotatable bonds is 15. The monoisotopic (exact) mass is 644 g/mol. The Morgan fingerprint density at radius 3 is 1.62 bits per heavy atom. The molecule has 3 amide bonds. The molecule has 0 saturated heterocycles. The van der Waals surface area contributed by atoms with Crippen molar-refractivity contribution in [1.29, 1.82) is 0 Å². The van der Waals surface area contributed by atoms with Gasteiger partial charge in [0.15, 0.2) is 5.75 Å². The van der Waals surface area contributed by atoms with E-state index < -0.39 is 34.1 Å². The van der Waals surface area contributed by atoms with Crippen LogP contribution in [0.5, 0.6) is 5.75 Å². The zero-order valence-electron chi connectivity index (χ0n) is 28.4. The summed E-state index contributed by atoms with van der Waals surface area (Å²) in [5.41, 5.74) is 16.6. The zero-order valence-corrected chi connectivity index (χ0v) is 29.2. The largest absolute Gasteiger partial charge is 0.409 e. The molecule has 0 radical (unpaired) electrons. The van der Waals surface area contributed by atoms with Gasteiger partial charge in [-0.05, 0) is 70.4 Å². The van der Waals surface area contributed by atoms with Crippen LogP contribution >= 0.6 is 0 Å². The first-order valence-corrected chi connectivity index (χ1v) is 17.1. The molecule has 2 rings (SSSR count). The van der Waals surface area contributed by atoms with Crippen LogP contribution in [-0.2, 0) is 31.1 Å². The zero-order chi connectivity index (χ0) is 34.4. The number of benzene rings is 2. The van der Waals surface area contributed by atoms with Gasteiger partial charge in [0.2, 0.25) is 17.7 Å². The summed E-state index contributed by atoms with van der Waals surface area (Å²) in [5, 5.41) is 2.75. The number of hydrogen-bond donors (Lipinski definition) is 4. The lowest BCUT2D eigenvalue weighted by Crippen LogP contribution is -2.37. The van der Waals surface area contributed by atoms with E-state index in [9.17, 15) is 22.8 Å². The van der Waals surface area contributed by atoms with Gasteiger partial charge < -0.3 is 21.0 Å². The van der Waals surface area contributed by atoms with Gasteiger partial charge in [0.1, 0.15) is 0 Å². The number of nitrogens with one attached hydrogen (secondary N) is 2. The summed E-state index contributed by atoms with van der Waals surface area (Å²) in [7, 11) is -4.57. The molecule has 1 atom stereocenters. The van der Waals surface area contributed by atoms with Crippen molar-refractivity contribution in [3.63, 3.8) is 0 Å². The molecule has 0 saturated carbocycles. The van der Waals surface area contributed by atoms with E-state index in [0.717, 1.165) is 16.7 Å². The molecule has 0 heterocycles. The van der Waals surface area contributed by atoms with Gasteiger partial charge in [0, 0.05) is 23.2 Å². The molecule has 6 N–H and O–H groups in total. The Morgan fingerprint density at radius 2 is 1.22 bits per heavy atom. The normalized spacial score (nSPS) is 12.7. The highest BCUT2D eigenvalue weighted by Crippen LogP contribution is 2.38. The fourth-order valence-electron chi connectivity index (χ4n) is 5.14. The van der Waals surface area contributed by atoms with Gasteiger partial charge in [-0.25, -0.2) is 4.72 Å². The summed E-state index contributed by atoms with van der Waals surface area (Å²) in [6, 6.07) is 6.53. The Labute approximate surface area is 269 Å². The quantitative estimate of drug-likeness (QED) is 0.189. The maximum atomic E-state index is 13.3. The maximum absolute atomic E-state index is 13.3. The second-order valence-corrected chi connectivity index (χ2v) is 14.6. The van der Waals surface area contributed by atoms with Crippen LogP contribution in [0.25, 0.3) is 0 Å². The third-order valence-electron chi connectivity index (χ3n) is 7.72. The van der Waals surface area contributed by atoms with Crippen molar-refractivity contribution >= 4 is 33.7 Å². The van der Waals surface area contributed by atoms with E-state index in [1.165, 1.54) is 5.56 Å². The second-order valence-electron chi connectivity index (χ2n) is 13.3. The van der Waals surface area contributed by atoms with Crippen LogP contribution in [0.1, 0.15) is 145 Å². The van der Waals surface area contributed by atoms with Crippen molar-refractivity contribution in [2.45, 2.75) is 124 Å². The molecule has 0 spiro atoms.